The van der Waals surface area contributed by atoms with Gasteiger partial charge in [0.25, 0.3) is 0 Å². The minimum absolute atomic E-state index is 0.0693. The number of benzene rings is 1. The number of likely N-dealkylation sites (tertiary alicyclic amines) is 1. The van der Waals surface area contributed by atoms with E-state index in [1.54, 1.807) is 11.6 Å². The molecule has 5 nitrogen and oxygen atoms in total. The lowest BCUT2D eigenvalue weighted by Crippen LogP contribution is -2.59. The first-order chi connectivity index (χ1) is 16.6. The Bertz CT molecular complexity index is 1250. The van der Waals surface area contributed by atoms with Gasteiger partial charge in [-0.25, -0.2) is 4.79 Å². The number of phenols is 1. The first kappa shape index (κ1) is 21.5. The van der Waals surface area contributed by atoms with Crippen LogP contribution in [0.15, 0.2) is 26.9 Å². The average Bonchev–Trinajstić information content (AvgIpc) is 3.34. The standard InChI is InChI=1S/C28H33ClN2O3/c29-23-13-21-19-6-3-7-20(19)28(33)34-27(21)22(26(23)32)15-31-10-4-5-16-11-17-12-18(25(16)31)14-30-9-2-1-8-24(17)30/h11,13,17-18,24-25,32H,1-10,12,14-15H2/t17?,18?,24?,25-/m1/s1. The Balaban J connectivity index is 1.29. The zero-order valence-electron chi connectivity index (χ0n) is 19.7. The van der Waals surface area contributed by atoms with Crippen LogP contribution in [-0.4, -0.2) is 46.6 Å². The van der Waals surface area contributed by atoms with E-state index in [1.807, 2.05) is 0 Å². The number of piperidine rings is 3. The second kappa shape index (κ2) is 8.11. The number of phenolic OH excluding ortho intramolecular Hbond substituents is 1. The number of fused-ring (bicyclic) bond motifs is 9. The SMILES string of the molecule is O=c1oc2c(CN3CCCC4=CC5CC(CN6CCCCC56)[C@@H]43)c(O)c(Cl)cc2c2c1CCC2. The van der Waals surface area contributed by atoms with Gasteiger partial charge in [0.2, 0.25) is 0 Å². The molecule has 1 aromatic carbocycles. The second-order valence-corrected chi connectivity index (χ2v) is 11.6. The molecule has 7 rings (SSSR count). The maximum absolute atomic E-state index is 12.8. The summed E-state index contributed by atoms with van der Waals surface area (Å²) >= 11 is 6.54. The summed E-state index contributed by atoms with van der Waals surface area (Å²) in [5.41, 5.74) is 4.44. The monoisotopic (exact) mass is 480 g/mol. The molecule has 1 aromatic heterocycles. The van der Waals surface area contributed by atoms with E-state index in [-0.39, 0.29) is 11.4 Å². The molecule has 2 aliphatic carbocycles. The quantitative estimate of drug-likeness (QED) is 0.482. The molecule has 6 heteroatoms. The van der Waals surface area contributed by atoms with Crippen LogP contribution in [0, 0.1) is 11.8 Å². The molecule has 4 atom stereocenters. The number of halogens is 1. The van der Waals surface area contributed by atoms with Gasteiger partial charge in [-0.05, 0) is 87.9 Å². The molecule has 2 bridgehead atoms. The molecule has 34 heavy (non-hydrogen) atoms. The smallest absolute Gasteiger partial charge is 0.339 e. The van der Waals surface area contributed by atoms with Crippen molar-refractivity contribution < 1.29 is 9.52 Å². The van der Waals surface area contributed by atoms with Crippen LogP contribution in [-0.2, 0) is 19.4 Å². The highest BCUT2D eigenvalue weighted by Gasteiger charge is 2.46. The minimum Gasteiger partial charge on any atom is -0.506 e. The van der Waals surface area contributed by atoms with Gasteiger partial charge >= 0.3 is 5.63 Å². The Morgan fingerprint density at radius 3 is 2.88 bits per heavy atom. The summed E-state index contributed by atoms with van der Waals surface area (Å²) in [5.74, 6) is 1.40. The van der Waals surface area contributed by atoms with E-state index >= 15 is 0 Å². The van der Waals surface area contributed by atoms with Gasteiger partial charge in [-0.2, -0.15) is 0 Å². The van der Waals surface area contributed by atoms with E-state index in [4.69, 9.17) is 16.0 Å². The van der Waals surface area contributed by atoms with Gasteiger partial charge in [-0.3, -0.25) is 9.80 Å². The normalized spacial score (nSPS) is 31.1. The van der Waals surface area contributed by atoms with Crippen molar-refractivity contribution in [3.8, 4) is 5.75 Å². The molecule has 4 heterocycles. The zero-order chi connectivity index (χ0) is 23.0. The van der Waals surface area contributed by atoms with Crippen molar-refractivity contribution in [2.24, 2.45) is 11.8 Å². The Labute approximate surface area is 205 Å². The van der Waals surface area contributed by atoms with Crippen molar-refractivity contribution in [2.75, 3.05) is 19.6 Å². The van der Waals surface area contributed by atoms with Crippen molar-refractivity contribution >= 4 is 22.6 Å². The van der Waals surface area contributed by atoms with E-state index in [1.165, 1.54) is 45.2 Å². The van der Waals surface area contributed by atoms with E-state index in [9.17, 15) is 9.90 Å². The molecule has 3 saturated heterocycles. The van der Waals surface area contributed by atoms with Crippen LogP contribution in [0.4, 0.5) is 0 Å². The third-order valence-electron chi connectivity index (χ3n) is 9.41. The number of nitrogens with zero attached hydrogens (tertiary/aromatic N) is 2. The molecule has 3 fully saturated rings. The van der Waals surface area contributed by atoms with Crippen molar-refractivity contribution in [3.05, 3.63) is 49.8 Å². The second-order valence-electron chi connectivity index (χ2n) is 11.2. The van der Waals surface area contributed by atoms with Crippen LogP contribution in [0.3, 0.4) is 0 Å². The van der Waals surface area contributed by atoms with E-state index in [0.717, 1.165) is 54.8 Å². The first-order valence-electron chi connectivity index (χ1n) is 13.3. The topological polar surface area (TPSA) is 56.9 Å². The Hall–Kier alpha value is -1.82. The molecule has 1 N–H and O–H groups in total. The lowest BCUT2D eigenvalue weighted by molar-refractivity contribution is -0.00274. The van der Waals surface area contributed by atoms with Gasteiger partial charge in [0.1, 0.15) is 11.3 Å². The lowest BCUT2D eigenvalue weighted by atomic mass is 9.68. The largest absolute Gasteiger partial charge is 0.506 e. The summed E-state index contributed by atoms with van der Waals surface area (Å²) < 4.78 is 5.88. The van der Waals surface area contributed by atoms with Crippen LogP contribution in [0.2, 0.25) is 5.02 Å². The Morgan fingerprint density at radius 2 is 1.97 bits per heavy atom. The lowest BCUT2D eigenvalue weighted by Gasteiger charge is -2.54. The van der Waals surface area contributed by atoms with Gasteiger partial charge < -0.3 is 9.52 Å². The molecule has 3 unspecified atom stereocenters. The summed E-state index contributed by atoms with van der Waals surface area (Å²) in [5, 5.41) is 12.3. The molecule has 0 saturated carbocycles. The highest BCUT2D eigenvalue weighted by Crippen LogP contribution is 2.46. The predicted molar refractivity (Wildman–Crippen MR) is 134 cm³/mol. The van der Waals surface area contributed by atoms with E-state index in [2.05, 4.69) is 15.9 Å². The maximum atomic E-state index is 12.8. The zero-order valence-corrected chi connectivity index (χ0v) is 20.4. The van der Waals surface area contributed by atoms with Crippen molar-refractivity contribution in [2.45, 2.75) is 76.4 Å². The van der Waals surface area contributed by atoms with Crippen molar-refractivity contribution in [1.29, 1.82) is 0 Å². The summed E-state index contributed by atoms with van der Waals surface area (Å²) in [7, 11) is 0. The van der Waals surface area contributed by atoms with Crippen LogP contribution in [0.1, 0.15) is 61.6 Å². The number of aromatic hydroxyl groups is 1. The molecule has 2 aromatic rings. The maximum Gasteiger partial charge on any atom is 0.339 e. The number of aryl methyl sites for hydroxylation is 1. The fraction of sp³-hybridized carbons (Fsp3) is 0.607. The minimum atomic E-state index is -0.244. The fourth-order valence-corrected chi connectivity index (χ4v) is 8.27. The molecular weight excluding hydrogens is 448 g/mol. The van der Waals surface area contributed by atoms with E-state index < -0.39 is 0 Å². The third-order valence-corrected chi connectivity index (χ3v) is 9.70. The van der Waals surface area contributed by atoms with Crippen molar-refractivity contribution in [3.63, 3.8) is 0 Å². The predicted octanol–water partition coefficient (Wildman–Crippen LogP) is 5.04. The molecule has 180 valence electrons. The van der Waals surface area contributed by atoms with Crippen LogP contribution < -0.4 is 5.63 Å². The molecule has 3 aliphatic heterocycles. The molecule has 0 radical (unpaired) electrons. The molecule has 0 amide bonds. The molecule has 0 spiro atoms. The third kappa shape index (κ3) is 3.23. The first-order valence-corrected chi connectivity index (χ1v) is 13.6. The number of rotatable bonds is 2. The van der Waals surface area contributed by atoms with E-state index in [0.29, 0.717) is 40.6 Å². The fourth-order valence-electron chi connectivity index (χ4n) is 8.05. The van der Waals surface area contributed by atoms with Gasteiger partial charge in [-0.1, -0.05) is 29.7 Å². The Kier molecular flexibility index (Phi) is 5.12. The summed E-state index contributed by atoms with van der Waals surface area (Å²) in [6.07, 6.45) is 12.9. The molecule has 5 aliphatic rings. The van der Waals surface area contributed by atoms with Gasteiger partial charge in [-0.15, -0.1) is 0 Å². The van der Waals surface area contributed by atoms with Gasteiger partial charge in [0.15, 0.2) is 0 Å². The van der Waals surface area contributed by atoms with Crippen LogP contribution in [0.25, 0.3) is 11.0 Å². The molecular formula is C28H33ClN2O3. The number of hydrogen-bond acceptors (Lipinski definition) is 5. The van der Waals surface area contributed by atoms with Crippen molar-refractivity contribution in [1.82, 2.24) is 9.80 Å². The highest BCUT2D eigenvalue weighted by atomic mass is 35.5. The summed E-state index contributed by atoms with van der Waals surface area (Å²) in [6, 6.07) is 2.95. The van der Waals surface area contributed by atoms with Crippen LogP contribution >= 0.6 is 11.6 Å². The summed E-state index contributed by atoms with van der Waals surface area (Å²) in [6.45, 7) is 3.99. The van der Waals surface area contributed by atoms with Gasteiger partial charge in [0.05, 0.1) is 10.6 Å². The van der Waals surface area contributed by atoms with Crippen LogP contribution in [0.5, 0.6) is 5.75 Å². The highest BCUT2D eigenvalue weighted by molar-refractivity contribution is 6.33. The number of hydrogen-bond donors (Lipinski definition) is 1. The average molecular weight is 481 g/mol. The Morgan fingerprint density at radius 1 is 1.09 bits per heavy atom. The van der Waals surface area contributed by atoms with Gasteiger partial charge in [0, 0.05) is 36.1 Å². The summed E-state index contributed by atoms with van der Waals surface area (Å²) in [4.78, 5) is 18.1.